The summed E-state index contributed by atoms with van der Waals surface area (Å²) in [6.45, 7) is 2.37. The number of para-hydroxylation sites is 1. The molecule has 0 bridgehead atoms. The summed E-state index contributed by atoms with van der Waals surface area (Å²) in [5, 5.41) is 5.77. The van der Waals surface area contributed by atoms with Gasteiger partial charge in [-0.05, 0) is 54.8 Å². The van der Waals surface area contributed by atoms with Gasteiger partial charge in [0.25, 0.3) is 11.8 Å². The highest BCUT2D eigenvalue weighted by Crippen LogP contribution is 2.20. The molecule has 0 aliphatic carbocycles. The largest absolute Gasteiger partial charge is 0.497 e. The van der Waals surface area contributed by atoms with E-state index in [0.717, 1.165) is 12.0 Å². The first-order valence-corrected chi connectivity index (χ1v) is 10.6. The van der Waals surface area contributed by atoms with Crippen LogP contribution in [0.25, 0.3) is 0 Å². The molecular formula is C26H28N2O4. The fraction of sp³-hybridized carbons (Fsp3) is 0.231. The summed E-state index contributed by atoms with van der Waals surface area (Å²) in [4.78, 5) is 25.6. The van der Waals surface area contributed by atoms with Crippen molar-refractivity contribution >= 4 is 17.5 Å². The molecule has 0 fully saturated rings. The first-order chi connectivity index (χ1) is 15.6. The molecule has 2 N–H and O–H groups in total. The fourth-order valence-corrected chi connectivity index (χ4v) is 3.20. The monoisotopic (exact) mass is 432 g/mol. The number of carbonyl (C=O) groups excluding carboxylic acids is 2. The number of hydrogen-bond acceptors (Lipinski definition) is 4. The lowest BCUT2D eigenvalue weighted by atomic mass is 10.1. The van der Waals surface area contributed by atoms with Gasteiger partial charge in [0.15, 0.2) is 6.10 Å². The molecule has 2 amide bonds. The van der Waals surface area contributed by atoms with Crippen LogP contribution in [-0.4, -0.2) is 31.6 Å². The van der Waals surface area contributed by atoms with Gasteiger partial charge in [0.05, 0.1) is 18.4 Å². The topological polar surface area (TPSA) is 76.7 Å². The van der Waals surface area contributed by atoms with Crippen molar-refractivity contribution in [3.8, 4) is 11.5 Å². The number of hydrogen-bond donors (Lipinski definition) is 2. The van der Waals surface area contributed by atoms with E-state index in [0.29, 0.717) is 35.7 Å². The second kappa shape index (κ2) is 11.6. The minimum atomic E-state index is -0.697. The predicted molar refractivity (Wildman–Crippen MR) is 125 cm³/mol. The molecule has 3 aromatic rings. The molecule has 0 saturated carbocycles. The number of carbonyl (C=O) groups is 2. The third kappa shape index (κ3) is 6.35. The van der Waals surface area contributed by atoms with Gasteiger partial charge < -0.3 is 20.1 Å². The van der Waals surface area contributed by atoms with Crippen molar-refractivity contribution in [3.05, 3.63) is 90.0 Å². The highest BCUT2D eigenvalue weighted by atomic mass is 16.5. The van der Waals surface area contributed by atoms with Gasteiger partial charge in [-0.2, -0.15) is 0 Å². The maximum absolute atomic E-state index is 12.9. The van der Waals surface area contributed by atoms with Crippen molar-refractivity contribution in [2.75, 3.05) is 19.0 Å². The Kier molecular flexibility index (Phi) is 8.26. The Hall–Kier alpha value is -3.80. The molecule has 3 rings (SSSR count). The molecule has 0 radical (unpaired) electrons. The van der Waals surface area contributed by atoms with E-state index >= 15 is 0 Å². The molecule has 6 heteroatoms. The molecule has 0 spiro atoms. The van der Waals surface area contributed by atoms with Crippen molar-refractivity contribution in [1.29, 1.82) is 0 Å². The van der Waals surface area contributed by atoms with Crippen LogP contribution >= 0.6 is 0 Å². The number of methoxy groups -OCH3 is 1. The van der Waals surface area contributed by atoms with E-state index in [9.17, 15) is 9.59 Å². The third-order valence-corrected chi connectivity index (χ3v) is 4.97. The van der Waals surface area contributed by atoms with E-state index in [2.05, 4.69) is 10.6 Å². The van der Waals surface area contributed by atoms with E-state index in [-0.39, 0.29) is 11.8 Å². The summed E-state index contributed by atoms with van der Waals surface area (Å²) in [5.74, 6) is 0.732. The average molecular weight is 433 g/mol. The minimum absolute atomic E-state index is 0.235. The van der Waals surface area contributed by atoms with Crippen LogP contribution in [0.5, 0.6) is 11.5 Å². The molecule has 0 aromatic heterocycles. The van der Waals surface area contributed by atoms with Crippen LogP contribution in [0, 0.1) is 0 Å². The molecule has 166 valence electrons. The van der Waals surface area contributed by atoms with E-state index in [1.54, 1.807) is 55.6 Å². The lowest BCUT2D eigenvalue weighted by molar-refractivity contribution is -0.122. The smallest absolute Gasteiger partial charge is 0.265 e. The van der Waals surface area contributed by atoms with Crippen molar-refractivity contribution in [2.45, 2.75) is 25.9 Å². The SMILES string of the molecule is CC[C@H](Oc1ccc(OC)cc1)C(=O)Nc1ccccc1C(=O)NCCc1ccccc1. The summed E-state index contributed by atoms with van der Waals surface area (Å²) in [5.41, 5.74) is 2.01. The van der Waals surface area contributed by atoms with Gasteiger partial charge in [-0.15, -0.1) is 0 Å². The predicted octanol–water partition coefficient (Wildman–Crippen LogP) is 4.46. The number of rotatable bonds is 10. The van der Waals surface area contributed by atoms with Gasteiger partial charge in [-0.3, -0.25) is 9.59 Å². The van der Waals surface area contributed by atoms with Gasteiger partial charge in [0.2, 0.25) is 0 Å². The van der Waals surface area contributed by atoms with Crippen LogP contribution in [0.2, 0.25) is 0 Å². The molecular weight excluding hydrogens is 404 g/mol. The summed E-state index contributed by atoms with van der Waals surface area (Å²) in [6.07, 6.45) is 0.510. The zero-order chi connectivity index (χ0) is 22.8. The Balaban J connectivity index is 1.61. The maximum atomic E-state index is 12.9. The first-order valence-electron chi connectivity index (χ1n) is 10.6. The average Bonchev–Trinajstić information content (AvgIpc) is 2.83. The summed E-state index contributed by atoms with van der Waals surface area (Å²) in [6, 6.07) is 24.0. The van der Waals surface area contributed by atoms with Crippen LogP contribution in [0.1, 0.15) is 29.3 Å². The van der Waals surface area contributed by atoms with Gasteiger partial charge in [0.1, 0.15) is 11.5 Å². The van der Waals surface area contributed by atoms with Crippen LogP contribution in [-0.2, 0) is 11.2 Å². The normalized spacial score (nSPS) is 11.3. The van der Waals surface area contributed by atoms with E-state index in [1.165, 1.54) is 0 Å². The van der Waals surface area contributed by atoms with E-state index < -0.39 is 6.10 Å². The van der Waals surface area contributed by atoms with Gasteiger partial charge >= 0.3 is 0 Å². The van der Waals surface area contributed by atoms with Gasteiger partial charge in [0, 0.05) is 6.54 Å². The molecule has 3 aromatic carbocycles. The van der Waals surface area contributed by atoms with E-state index in [4.69, 9.17) is 9.47 Å². The van der Waals surface area contributed by atoms with Gasteiger partial charge in [-0.1, -0.05) is 49.4 Å². The van der Waals surface area contributed by atoms with E-state index in [1.807, 2.05) is 37.3 Å². The van der Waals surface area contributed by atoms with Crippen LogP contribution < -0.4 is 20.1 Å². The van der Waals surface area contributed by atoms with Crippen molar-refractivity contribution in [3.63, 3.8) is 0 Å². The highest BCUT2D eigenvalue weighted by Gasteiger charge is 2.21. The number of amides is 2. The fourth-order valence-electron chi connectivity index (χ4n) is 3.20. The van der Waals surface area contributed by atoms with Gasteiger partial charge in [-0.25, -0.2) is 0 Å². The molecule has 0 heterocycles. The number of anilines is 1. The second-order valence-corrected chi connectivity index (χ2v) is 7.22. The standard InChI is InChI=1S/C26H28N2O4/c1-3-24(32-21-15-13-20(31-2)14-16-21)26(30)28-23-12-8-7-11-22(23)25(29)27-18-17-19-9-5-4-6-10-19/h4-16,24H,3,17-18H2,1-2H3,(H,27,29)(H,28,30)/t24-/m0/s1. The molecule has 0 aliphatic heterocycles. The number of benzene rings is 3. The number of ether oxygens (including phenoxy) is 2. The molecule has 6 nitrogen and oxygen atoms in total. The quantitative estimate of drug-likeness (QED) is 0.496. The Bertz CT molecular complexity index is 1020. The summed E-state index contributed by atoms with van der Waals surface area (Å²) in [7, 11) is 1.59. The Labute approximate surface area is 188 Å². The summed E-state index contributed by atoms with van der Waals surface area (Å²) >= 11 is 0. The van der Waals surface area contributed by atoms with Crippen LogP contribution in [0.15, 0.2) is 78.9 Å². The summed E-state index contributed by atoms with van der Waals surface area (Å²) < 4.78 is 11.0. The Morgan fingerprint density at radius 1 is 0.875 bits per heavy atom. The minimum Gasteiger partial charge on any atom is -0.497 e. The Morgan fingerprint density at radius 2 is 1.53 bits per heavy atom. The number of nitrogens with one attached hydrogen (secondary N) is 2. The maximum Gasteiger partial charge on any atom is 0.265 e. The first kappa shape index (κ1) is 22.9. The third-order valence-electron chi connectivity index (χ3n) is 4.97. The van der Waals surface area contributed by atoms with Crippen molar-refractivity contribution in [2.24, 2.45) is 0 Å². The molecule has 32 heavy (non-hydrogen) atoms. The highest BCUT2D eigenvalue weighted by molar-refractivity contribution is 6.04. The second-order valence-electron chi connectivity index (χ2n) is 7.22. The molecule has 0 aliphatic rings. The molecule has 0 saturated heterocycles. The zero-order valence-corrected chi connectivity index (χ0v) is 18.3. The lowest BCUT2D eigenvalue weighted by Gasteiger charge is -2.18. The van der Waals surface area contributed by atoms with Crippen LogP contribution in [0.4, 0.5) is 5.69 Å². The molecule has 1 atom stereocenters. The molecule has 0 unspecified atom stereocenters. The zero-order valence-electron chi connectivity index (χ0n) is 18.3. The van der Waals surface area contributed by atoms with Crippen molar-refractivity contribution < 1.29 is 19.1 Å². The lowest BCUT2D eigenvalue weighted by Crippen LogP contribution is -2.33. The Morgan fingerprint density at radius 3 is 2.22 bits per heavy atom. The van der Waals surface area contributed by atoms with Crippen molar-refractivity contribution in [1.82, 2.24) is 5.32 Å². The van der Waals surface area contributed by atoms with Crippen LogP contribution in [0.3, 0.4) is 0 Å².